The van der Waals surface area contributed by atoms with E-state index in [0.717, 1.165) is 0 Å². The van der Waals surface area contributed by atoms with E-state index < -0.39 is 37.2 Å². The van der Waals surface area contributed by atoms with Gasteiger partial charge in [0.05, 0.1) is 0 Å². The second-order valence-electron chi connectivity index (χ2n) is 4.69. The highest BCUT2D eigenvalue weighted by Crippen LogP contribution is 2.43. The van der Waals surface area contributed by atoms with Gasteiger partial charge in [-0.05, 0) is 5.56 Å². The van der Waals surface area contributed by atoms with Gasteiger partial charge in [-0.25, -0.2) is 13.6 Å². The average Bonchev–Trinajstić information content (AvgIpc) is 2.73. The second kappa shape index (κ2) is 5.50. The first kappa shape index (κ1) is 15.5. The maximum atomic E-state index is 13.3. The summed E-state index contributed by atoms with van der Waals surface area (Å²) in [5, 5.41) is 0. The summed E-state index contributed by atoms with van der Waals surface area (Å²) in [5.41, 5.74) is 0.556. The molecule has 1 amide bonds. The molecule has 21 heavy (non-hydrogen) atoms. The van der Waals surface area contributed by atoms with Crippen LogP contribution in [0.3, 0.4) is 0 Å². The molecule has 3 nitrogen and oxygen atoms in total. The van der Waals surface area contributed by atoms with E-state index in [-0.39, 0.29) is 11.5 Å². The topological polar surface area (TPSA) is 29.5 Å². The van der Waals surface area contributed by atoms with Gasteiger partial charge in [-0.1, -0.05) is 30.3 Å². The Labute approximate surface area is 117 Å². The van der Waals surface area contributed by atoms with Gasteiger partial charge in [-0.3, -0.25) is 4.90 Å². The van der Waals surface area contributed by atoms with E-state index in [0.29, 0.717) is 5.56 Å². The molecule has 1 aromatic carbocycles. The summed E-state index contributed by atoms with van der Waals surface area (Å²) in [5.74, 6) is -4.00. The van der Waals surface area contributed by atoms with Crippen LogP contribution >= 0.6 is 0 Å². The second-order valence-corrected chi connectivity index (χ2v) is 4.69. The predicted molar refractivity (Wildman–Crippen MR) is 62.7 cm³/mol. The van der Waals surface area contributed by atoms with E-state index in [4.69, 9.17) is 0 Å². The standard InChI is InChI=1S/C13H12F5NO2/c14-12(15)6-7-19(10(12)13(16,17)18)11(20)21-8-9-4-2-1-3-5-9/h1-5,10H,6-8H2. The predicted octanol–water partition coefficient (Wildman–Crippen LogP) is 3.60. The molecule has 0 spiro atoms. The van der Waals surface area contributed by atoms with Gasteiger partial charge in [0, 0.05) is 13.0 Å². The third kappa shape index (κ3) is 3.43. The number of likely N-dealkylation sites (tertiary alicyclic amines) is 1. The number of ether oxygens (including phenoxy) is 1. The van der Waals surface area contributed by atoms with Crippen molar-refractivity contribution in [3.8, 4) is 0 Å². The fourth-order valence-electron chi connectivity index (χ4n) is 2.18. The summed E-state index contributed by atoms with van der Waals surface area (Å²) in [6, 6.07) is 5.11. The summed E-state index contributed by atoms with van der Waals surface area (Å²) >= 11 is 0. The van der Waals surface area contributed by atoms with Crippen LogP contribution in [-0.4, -0.2) is 35.7 Å². The molecule has 0 N–H and O–H groups in total. The first-order chi connectivity index (χ1) is 9.72. The van der Waals surface area contributed by atoms with Crippen molar-refractivity contribution in [2.45, 2.75) is 31.2 Å². The number of rotatable bonds is 2. The fourth-order valence-corrected chi connectivity index (χ4v) is 2.18. The number of carbonyl (C=O) groups excluding carboxylic acids is 1. The summed E-state index contributed by atoms with van der Waals surface area (Å²) < 4.78 is 69.4. The van der Waals surface area contributed by atoms with Crippen LogP contribution in [0.2, 0.25) is 0 Å². The third-order valence-electron chi connectivity index (χ3n) is 3.15. The summed E-state index contributed by atoms with van der Waals surface area (Å²) in [6.07, 6.45) is -7.62. The van der Waals surface area contributed by atoms with Crippen LogP contribution in [0.5, 0.6) is 0 Å². The molecular formula is C13H12F5NO2. The minimum atomic E-state index is -5.20. The van der Waals surface area contributed by atoms with E-state index in [2.05, 4.69) is 4.74 Å². The fraction of sp³-hybridized carbons (Fsp3) is 0.462. The van der Waals surface area contributed by atoms with Crippen molar-refractivity contribution < 1.29 is 31.5 Å². The molecule has 1 saturated heterocycles. The molecular weight excluding hydrogens is 297 g/mol. The summed E-state index contributed by atoms with van der Waals surface area (Å²) in [6.45, 7) is -0.961. The molecule has 1 aliphatic heterocycles. The number of carbonyl (C=O) groups is 1. The molecule has 2 rings (SSSR count). The number of alkyl halides is 5. The zero-order chi connectivity index (χ0) is 15.7. The lowest BCUT2D eigenvalue weighted by Gasteiger charge is -2.28. The molecule has 116 valence electrons. The van der Waals surface area contributed by atoms with Crippen LogP contribution in [0.1, 0.15) is 12.0 Å². The molecule has 1 atom stereocenters. The zero-order valence-corrected chi connectivity index (χ0v) is 10.7. The van der Waals surface area contributed by atoms with Crippen molar-refractivity contribution in [3.63, 3.8) is 0 Å². The van der Waals surface area contributed by atoms with Crippen molar-refractivity contribution in [1.29, 1.82) is 0 Å². The Morgan fingerprint density at radius 3 is 2.48 bits per heavy atom. The van der Waals surface area contributed by atoms with E-state index in [1.165, 1.54) is 0 Å². The van der Waals surface area contributed by atoms with E-state index in [1.54, 1.807) is 30.3 Å². The lowest BCUT2D eigenvalue weighted by molar-refractivity contribution is -0.220. The average molecular weight is 309 g/mol. The van der Waals surface area contributed by atoms with Crippen molar-refractivity contribution >= 4 is 6.09 Å². The molecule has 1 unspecified atom stereocenters. The van der Waals surface area contributed by atoms with Crippen molar-refractivity contribution in [1.82, 2.24) is 4.90 Å². The van der Waals surface area contributed by atoms with E-state index in [9.17, 15) is 26.7 Å². The highest BCUT2D eigenvalue weighted by atomic mass is 19.4. The molecule has 0 radical (unpaired) electrons. The Balaban J connectivity index is 2.05. The van der Waals surface area contributed by atoms with Crippen molar-refractivity contribution in [2.24, 2.45) is 0 Å². The Morgan fingerprint density at radius 2 is 1.90 bits per heavy atom. The lowest BCUT2D eigenvalue weighted by atomic mass is 10.1. The van der Waals surface area contributed by atoms with Gasteiger partial charge in [-0.2, -0.15) is 13.2 Å². The smallest absolute Gasteiger partial charge is 0.414 e. The number of benzene rings is 1. The van der Waals surface area contributed by atoms with Gasteiger partial charge in [0.1, 0.15) is 6.61 Å². The Hall–Kier alpha value is -1.86. The minimum Gasteiger partial charge on any atom is -0.445 e. The van der Waals surface area contributed by atoms with Crippen LogP contribution < -0.4 is 0 Å². The molecule has 0 bridgehead atoms. The highest BCUT2D eigenvalue weighted by Gasteiger charge is 2.63. The van der Waals surface area contributed by atoms with Gasteiger partial charge in [0.25, 0.3) is 5.92 Å². The maximum absolute atomic E-state index is 13.3. The van der Waals surface area contributed by atoms with Gasteiger partial charge >= 0.3 is 12.3 Å². The Morgan fingerprint density at radius 1 is 1.29 bits per heavy atom. The maximum Gasteiger partial charge on any atom is 0.414 e. The Kier molecular flexibility index (Phi) is 4.06. The van der Waals surface area contributed by atoms with Crippen LogP contribution in [0.15, 0.2) is 30.3 Å². The Bertz CT molecular complexity index is 503. The van der Waals surface area contributed by atoms with E-state index >= 15 is 0 Å². The largest absolute Gasteiger partial charge is 0.445 e. The van der Waals surface area contributed by atoms with Crippen molar-refractivity contribution in [2.75, 3.05) is 6.54 Å². The molecule has 0 aromatic heterocycles. The molecule has 1 aliphatic rings. The first-order valence-electron chi connectivity index (χ1n) is 6.14. The molecule has 1 fully saturated rings. The van der Waals surface area contributed by atoms with E-state index in [1.807, 2.05) is 0 Å². The number of amides is 1. The number of halogens is 5. The first-order valence-corrected chi connectivity index (χ1v) is 6.14. The lowest BCUT2D eigenvalue weighted by Crippen LogP contribution is -2.52. The van der Waals surface area contributed by atoms with Gasteiger partial charge < -0.3 is 4.74 Å². The normalized spacial score (nSPS) is 21.4. The van der Waals surface area contributed by atoms with Crippen molar-refractivity contribution in [3.05, 3.63) is 35.9 Å². The van der Waals surface area contributed by atoms with Crippen LogP contribution in [-0.2, 0) is 11.3 Å². The monoisotopic (exact) mass is 309 g/mol. The third-order valence-corrected chi connectivity index (χ3v) is 3.15. The quantitative estimate of drug-likeness (QED) is 0.781. The van der Waals surface area contributed by atoms with Gasteiger partial charge in [0.15, 0.2) is 6.04 Å². The van der Waals surface area contributed by atoms with Crippen LogP contribution in [0.25, 0.3) is 0 Å². The molecule has 0 saturated carbocycles. The SMILES string of the molecule is O=C(OCc1ccccc1)N1CCC(F)(F)C1C(F)(F)F. The van der Waals surface area contributed by atoms with Gasteiger partial charge in [-0.15, -0.1) is 0 Å². The number of hydrogen-bond acceptors (Lipinski definition) is 2. The summed E-state index contributed by atoms with van der Waals surface area (Å²) in [4.78, 5) is 11.7. The molecule has 1 aromatic rings. The number of nitrogens with zero attached hydrogens (tertiary/aromatic N) is 1. The highest BCUT2D eigenvalue weighted by molar-refractivity contribution is 5.69. The van der Waals surface area contributed by atoms with Crippen LogP contribution in [0, 0.1) is 0 Å². The molecule has 8 heteroatoms. The minimum absolute atomic E-state index is 0.0446. The van der Waals surface area contributed by atoms with Crippen LogP contribution in [0.4, 0.5) is 26.7 Å². The number of hydrogen-bond donors (Lipinski definition) is 0. The summed E-state index contributed by atoms with van der Waals surface area (Å²) in [7, 11) is 0. The molecule has 0 aliphatic carbocycles. The van der Waals surface area contributed by atoms with Gasteiger partial charge in [0.2, 0.25) is 0 Å². The molecule has 1 heterocycles. The zero-order valence-electron chi connectivity index (χ0n) is 10.7.